The number of amides is 2. The minimum atomic E-state index is -0.948. The van der Waals surface area contributed by atoms with E-state index in [4.69, 9.17) is 4.74 Å². The summed E-state index contributed by atoms with van der Waals surface area (Å²) in [5.41, 5.74) is 2.52. The van der Waals surface area contributed by atoms with Crippen molar-refractivity contribution in [2.45, 2.75) is 57.5 Å². The molecule has 0 heterocycles. The lowest BCUT2D eigenvalue weighted by molar-refractivity contribution is -0.152. The van der Waals surface area contributed by atoms with Gasteiger partial charge in [0.1, 0.15) is 6.04 Å². The van der Waals surface area contributed by atoms with Crippen molar-refractivity contribution in [2.75, 3.05) is 6.61 Å². The average Bonchev–Trinajstić information content (AvgIpc) is 2.96. The minimum absolute atomic E-state index is 0.0808. The molecule has 2 amide bonds. The second-order valence-electron chi connectivity index (χ2n) is 10.6. The van der Waals surface area contributed by atoms with Crippen LogP contribution in [0.5, 0.6) is 0 Å². The topological polar surface area (TPSA) is 84.5 Å². The van der Waals surface area contributed by atoms with Crippen molar-refractivity contribution in [3.8, 4) is 0 Å². The molecular formula is C33H38N2O4. The Morgan fingerprint density at radius 2 is 1.38 bits per heavy atom. The van der Waals surface area contributed by atoms with Gasteiger partial charge in [-0.15, -0.1) is 0 Å². The molecule has 0 radical (unpaired) electrons. The predicted molar refractivity (Wildman–Crippen MR) is 152 cm³/mol. The van der Waals surface area contributed by atoms with Crippen LogP contribution in [0.25, 0.3) is 0 Å². The van der Waals surface area contributed by atoms with Gasteiger partial charge in [0.15, 0.2) is 6.61 Å². The summed E-state index contributed by atoms with van der Waals surface area (Å²) in [6.07, 6.45) is 3.42. The molecule has 1 fully saturated rings. The summed E-state index contributed by atoms with van der Waals surface area (Å²) in [5.74, 6) is -0.940. The molecule has 39 heavy (non-hydrogen) atoms. The number of benzene rings is 3. The fourth-order valence-electron chi connectivity index (χ4n) is 5.36. The van der Waals surface area contributed by atoms with Gasteiger partial charge in [0, 0.05) is 12.5 Å². The first-order chi connectivity index (χ1) is 18.9. The zero-order chi connectivity index (χ0) is 27.6. The van der Waals surface area contributed by atoms with Gasteiger partial charge in [-0.2, -0.15) is 0 Å². The maximum atomic E-state index is 13.7. The van der Waals surface area contributed by atoms with Crippen LogP contribution in [0, 0.1) is 11.8 Å². The van der Waals surface area contributed by atoms with Crippen LogP contribution in [0.2, 0.25) is 0 Å². The number of hydrogen-bond donors (Lipinski definition) is 2. The Labute approximate surface area is 231 Å². The van der Waals surface area contributed by atoms with Gasteiger partial charge in [0.2, 0.25) is 5.91 Å². The molecule has 0 unspecified atom stereocenters. The van der Waals surface area contributed by atoms with Crippen LogP contribution < -0.4 is 10.6 Å². The monoisotopic (exact) mass is 526 g/mol. The van der Waals surface area contributed by atoms with Crippen LogP contribution in [0.3, 0.4) is 0 Å². The molecule has 4 rings (SSSR count). The molecule has 2 N–H and O–H groups in total. The number of carbonyl (C=O) groups excluding carboxylic acids is 3. The molecule has 0 spiro atoms. The van der Waals surface area contributed by atoms with Crippen molar-refractivity contribution in [2.24, 2.45) is 11.8 Å². The summed E-state index contributed by atoms with van der Waals surface area (Å²) in [7, 11) is 0. The van der Waals surface area contributed by atoms with Crippen molar-refractivity contribution < 1.29 is 19.1 Å². The van der Waals surface area contributed by atoms with Gasteiger partial charge >= 0.3 is 5.97 Å². The first-order valence-electron chi connectivity index (χ1n) is 13.8. The highest BCUT2D eigenvalue weighted by Crippen LogP contribution is 2.29. The Balaban J connectivity index is 1.47. The molecule has 0 aliphatic heterocycles. The first-order valence-corrected chi connectivity index (χ1v) is 13.8. The largest absolute Gasteiger partial charge is 0.454 e. The number of ether oxygens (including phenoxy) is 1. The molecule has 3 aromatic rings. The van der Waals surface area contributed by atoms with E-state index >= 15 is 0 Å². The Morgan fingerprint density at radius 3 is 1.97 bits per heavy atom. The molecule has 4 atom stereocenters. The highest BCUT2D eigenvalue weighted by Gasteiger charge is 2.31. The molecule has 3 aromatic carbocycles. The second kappa shape index (κ2) is 13.7. The maximum absolute atomic E-state index is 13.7. The Morgan fingerprint density at radius 1 is 0.821 bits per heavy atom. The van der Waals surface area contributed by atoms with Crippen molar-refractivity contribution in [1.82, 2.24) is 10.6 Å². The molecule has 1 aliphatic rings. The molecule has 0 aromatic heterocycles. The van der Waals surface area contributed by atoms with Gasteiger partial charge in [-0.05, 0) is 34.9 Å². The fraction of sp³-hybridized carbons (Fsp3) is 0.364. The lowest BCUT2D eigenvalue weighted by atomic mass is 9.78. The van der Waals surface area contributed by atoms with Gasteiger partial charge in [-0.3, -0.25) is 9.59 Å². The third-order valence-corrected chi connectivity index (χ3v) is 7.81. The van der Waals surface area contributed by atoms with Crippen LogP contribution in [-0.2, 0) is 25.5 Å². The third-order valence-electron chi connectivity index (χ3n) is 7.81. The summed E-state index contributed by atoms with van der Waals surface area (Å²) >= 11 is 0. The molecule has 1 saturated carbocycles. The number of esters is 1. The summed E-state index contributed by atoms with van der Waals surface area (Å²) in [6, 6.07) is 27.6. The normalized spacial score (nSPS) is 19.6. The molecule has 0 saturated heterocycles. The quantitative estimate of drug-likeness (QED) is 0.363. The van der Waals surface area contributed by atoms with Gasteiger partial charge in [0.05, 0.1) is 5.92 Å². The Hall–Kier alpha value is -3.93. The van der Waals surface area contributed by atoms with Crippen molar-refractivity contribution in [3.63, 3.8) is 0 Å². The Kier molecular flexibility index (Phi) is 9.90. The van der Waals surface area contributed by atoms with E-state index in [0.29, 0.717) is 11.8 Å². The van der Waals surface area contributed by atoms with Crippen LogP contribution >= 0.6 is 0 Å². The van der Waals surface area contributed by atoms with Gasteiger partial charge < -0.3 is 15.4 Å². The van der Waals surface area contributed by atoms with E-state index in [1.54, 1.807) is 0 Å². The number of carbonyl (C=O) groups is 3. The molecule has 0 bridgehead atoms. The van der Waals surface area contributed by atoms with E-state index in [1.807, 2.05) is 91.0 Å². The summed E-state index contributed by atoms with van der Waals surface area (Å²) in [6.45, 7) is 3.98. The van der Waals surface area contributed by atoms with E-state index in [2.05, 4.69) is 24.5 Å². The lowest BCUT2D eigenvalue weighted by Gasteiger charge is -2.34. The number of nitrogens with one attached hydrogen (secondary N) is 2. The smallest absolute Gasteiger partial charge is 0.329 e. The van der Waals surface area contributed by atoms with Crippen LogP contribution in [-0.4, -0.2) is 36.5 Å². The molecule has 1 aliphatic carbocycles. The molecule has 204 valence electrons. The van der Waals surface area contributed by atoms with E-state index in [9.17, 15) is 14.4 Å². The number of rotatable bonds is 10. The van der Waals surface area contributed by atoms with E-state index in [1.165, 1.54) is 0 Å². The second-order valence-corrected chi connectivity index (χ2v) is 10.6. The van der Waals surface area contributed by atoms with Crippen LogP contribution in [0.4, 0.5) is 0 Å². The highest BCUT2D eigenvalue weighted by molar-refractivity contribution is 5.91. The van der Waals surface area contributed by atoms with Crippen molar-refractivity contribution in [3.05, 3.63) is 108 Å². The SMILES string of the molecule is C[C@@H]1[C@H](C)CCC[C@H]1NC(=O)COC(=O)[C@H](Cc1ccccc1)NC(=O)C(c1ccccc1)c1ccccc1. The molecule has 6 heteroatoms. The maximum Gasteiger partial charge on any atom is 0.329 e. The molecule has 6 nitrogen and oxygen atoms in total. The van der Waals surface area contributed by atoms with Crippen LogP contribution in [0.1, 0.15) is 55.7 Å². The minimum Gasteiger partial charge on any atom is -0.454 e. The van der Waals surface area contributed by atoms with Gasteiger partial charge in [-0.25, -0.2) is 4.79 Å². The summed E-state index contributed by atoms with van der Waals surface area (Å²) < 4.78 is 5.47. The average molecular weight is 527 g/mol. The number of hydrogen-bond acceptors (Lipinski definition) is 4. The zero-order valence-electron chi connectivity index (χ0n) is 22.7. The van der Waals surface area contributed by atoms with E-state index < -0.39 is 17.9 Å². The van der Waals surface area contributed by atoms with E-state index in [-0.39, 0.29) is 30.9 Å². The third kappa shape index (κ3) is 7.79. The van der Waals surface area contributed by atoms with Crippen LogP contribution in [0.15, 0.2) is 91.0 Å². The lowest BCUT2D eigenvalue weighted by Crippen LogP contribution is -2.48. The summed E-state index contributed by atoms with van der Waals surface area (Å²) in [4.78, 5) is 39.7. The highest BCUT2D eigenvalue weighted by atomic mass is 16.5. The Bertz CT molecular complexity index is 1180. The molecular weight excluding hydrogens is 488 g/mol. The zero-order valence-corrected chi connectivity index (χ0v) is 22.7. The van der Waals surface area contributed by atoms with Crippen molar-refractivity contribution in [1.29, 1.82) is 0 Å². The standard InChI is InChI=1S/C33H38N2O4/c1-23-13-12-20-28(24(23)2)34-30(36)22-39-33(38)29(21-25-14-6-3-7-15-25)35-32(37)31(26-16-8-4-9-17-26)27-18-10-5-11-19-27/h3-11,14-19,23-24,28-29,31H,12-13,20-22H2,1-2H3,(H,34,36)(H,35,37)/t23-,24-,28-,29+/m1/s1. The first kappa shape index (κ1) is 28.1. The fourth-order valence-corrected chi connectivity index (χ4v) is 5.36. The predicted octanol–water partition coefficient (Wildman–Crippen LogP) is 5.03. The van der Waals surface area contributed by atoms with Crippen molar-refractivity contribution >= 4 is 17.8 Å². The van der Waals surface area contributed by atoms with E-state index in [0.717, 1.165) is 36.0 Å². The summed E-state index contributed by atoms with van der Waals surface area (Å²) in [5, 5.41) is 5.98. The van der Waals surface area contributed by atoms with Gasteiger partial charge in [0.25, 0.3) is 5.91 Å². The van der Waals surface area contributed by atoms with Gasteiger partial charge in [-0.1, -0.05) is 118 Å².